The zero-order valence-corrected chi connectivity index (χ0v) is 15.0. The molecule has 1 amide bonds. The smallest absolute Gasteiger partial charge is 0.224 e. The molecule has 5 heteroatoms. The van der Waals surface area contributed by atoms with Gasteiger partial charge in [-0.3, -0.25) is 4.79 Å². The fourth-order valence-corrected chi connectivity index (χ4v) is 2.86. The minimum atomic E-state index is 0.134. The number of fused-ring (bicyclic) bond motifs is 1. The standard InChI is InChI=1S/C20H24N4O/c1-22(2)17-10-8-16(9-11-17)14-23(3)20(25)12-13-24-15-21-18-6-4-5-7-19(18)24/h4-11,15H,12-14H2,1-3H3. The van der Waals surface area contributed by atoms with Crippen molar-refractivity contribution in [1.82, 2.24) is 14.5 Å². The summed E-state index contributed by atoms with van der Waals surface area (Å²) in [7, 11) is 5.89. The molecule has 0 atom stereocenters. The molecular formula is C20H24N4O. The van der Waals surface area contributed by atoms with Crippen molar-refractivity contribution in [1.29, 1.82) is 0 Å². The molecule has 0 saturated carbocycles. The molecule has 0 radical (unpaired) electrons. The van der Waals surface area contributed by atoms with Crippen molar-refractivity contribution in [3.63, 3.8) is 0 Å². The Hall–Kier alpha value is -2.82. The van der Waals surface area contributed by atoms with E-state index in [0.29, 0.717) is 19.5 Å². The number of benzene rings is 2. The Balaban J connectivity index is 1.57. The summed E-state index contributed by atoms with van der Waals surface area (Å²) in [4.78, 5) is 20.6. The molecule has 0 aliphatic carbocycles. The Labute approximate surface area is 148 Å². The Morgan fingerprint density at radius 3 is 2.48 bits per heavy atom. The van der Waals surface area contributed by atoms with Crippen LogP contribution < -0.4 is 4.90 Å². The third-order valence-corrected chi connectivity index (χ3v) is 4.39. The van der Waals surface area contributed by atoms with Crippen LogP contribution in [0.5, 0.6) is 0 Å². The van der Waals surface area contributed by atoms with Crippen LogP contribution in [-0.4, -0.2) is 41.5 Å². The minimum Gasteiger partial charge on any atom is -0.378 e. The molecule has 0 spiro atoms. The SMILES string of the molecule is CN(Cc1ccc(N(C)C)cc1)C(=O)CCn1cnc2ccccc21. The second-order valence-electron chi connectivity index (χ2n) is 6.49. The van der Waals surface area contributed by atoms with Crippen LogP contribution in [0, 0.1) is 0 Å². The lowest BCUT2D eigenvalue weighted by Gasteiger charge is -2.18. The van der Waals surface area contributed by atoms with Gasteiger partial charge in [0.1, 0.15) is 0 Å². The summed E-state index contributed by atoms with van der Waals surface area (Å²) in [5, 5.41) is 0. The van der Waals surface area contributed by atoms with Gasteiger partial charge in [0, 0.05) is 46.3 Å². The first-order valence-electron chi connectivity index (χ1n) is 8.44. The number of nitrogens with zero attached hydrogens (tertiary/aromatic N) is 4. The Kier molecular flexibility index (Phi) is 5.03. The molecular weight excluding hydrogens is 312 g/mol. The number of aromatic nitrogens is 2. The lowest BCUT2D eigenvalue weighted by molar-refractivity contribution is -0.130. The highest BCUT2D eigenvalue weighted by Gasteiger charge is 2.11. The number of amides is 1. The summed E-state index contributed by atoms with van der Waals surface area (Å²) in [6.07, 6.45) is 2.27. The molecule has 0 aliphatic heterocycles. The van der Waals surface area contributed by atoms with Gasteiger partial charge in [-0.15, -0.1) is 0 Å². The highest BCUT2D eigenvalue weighted by molar-refractivity contribution is 5.77. The molecule has 0 aliphatic rings. The van der Waals surface area contributed by atoms with Crippen LogP contribution in [0.4, 0.5) is 5.69 Å². The Bertz CT molecular complexity index is 852. The highest BCUT2D eigenvalue weighted by Crippen LogP contribution is 2.15. The molecule has 0 fully saturated rings. The van der Waals surface area contributed by atoms with E-state index in [1.165, 1.54) is 0 Å². The fourth-order valence-electron chi connectivity index (χ4n) is 2.86. The summed E-state index contributed by atoms with van der Waals surface area (Å²) in [6, 6.07) is 16.3. The molecule has 25 heavy (non-hydrogen) atoms. The quantitative estimate of drug-likeness (QED) is 0.694. The third-order valence-electron chi connectivity index (χ3n) is 4.39. The van der Waals surface area contributed by atoms with Gasteiger partial charge in [-0.25, -0.2) is 4.98 Å². The van der Waals surface area contributed by atoms with Crippen LogP contribution in [0.2, 0.25) is 0 Å². The van der Waals surface area contributed by atoms with Gasteiger partial charge in [-0.1, -0.05) is 24.3 Å². The van der Waals surface area contributed by atoms with Crippen molar-refractivity contribution >= 4 is 22.6 Å². The van der Waals surface area contributed by atoms with E-state index in [1.807, 2.05) is 50.0 Å². The molecule has 1 heterocycles. The van der Waals surface area contributed by atoms with E-state index in [2.05, 4.69) is 34.1 Å². The maximum absolute atomic E-state index is 12.4. The number of aryl methyl sites for hydroxylation is 1. The molecule has 130 valence electrons. The fraction of sp³-hybridized carbons (Fsp3) is 0.300. The zero-order chi connectivity index (χ0) is 17.8. The predicted octanol–water partition coefficient (Wildman–Crippen LogP) is 3.15. The topological polar surface area (TPSA) is 41.4 Å². The Morgan fingerprint density at radius 2 is 1.76 bits per heavy atom. The first-order chi connectivity index (χ1) is 12.0. The molecule has 5 nitrogen and oxygen atoms in total. The molecule has 0 N–H and O–H groups in total. The van der Waals surface area contributed by atoms with Crippen LogP contribution in [0.1, 0.15) is 12.0 Å². The van der Waals surface area contributed by atoms with Gasteiger partial charge in [0.25, 0.3) is 0 Å². The summed E-state index contributed by atoms with van der Waals surface area (Å²) >= 11 is 0. The first kappa shape index (κ1) is 17.0. The second kappa shape index (κ2) is 7.38. The van der Waals surface area contributed by atoms with Gasteiger partial charge in [-0.05, 0) is 29.8 Å². The van der Waals surface area contributed by atoms with E-state index in [1.54, 1.807) is 11.2 Å². The largest absolute Gasteiger partial charge is 0.378 e. The zero-order valence-electron chi connectivity index (χ0n) is 15.0. The summed E-state index contributed by atoms with van der Waals surface area (Å²) < 4.78 is 2.03. The molecule has 2 aromatic carbocycles. The van der Waals surface area contributed by atoms with Crippen molar-refractivity contribution in [2.24, 2.45) is 0 Å². The summed E-state index contributed by atoms with van der Waals surface area (Å²) in [5.74, 6) is 0.134. The van der Waals surface area contributed by atoms with E-state index in [-0.39, 0.29) is 5.91 Å². The van der Waals surface area contributed by atoms with Gasteiger partial charge < -0.3 is 14.4 Å². The van der Waals surface area contributed by atoms with E-state index in [9.17, 15) is 4.79 Å². The van der Waals surface area contributed by atoms with Crippen LogP contribution in [-0.2, 0) is 17.9 Å². The van der Waals surface area contributed by atoms with Crippen molar-refractivity contribution in [2.75, 3.05) is 26.0 Å². The highest BCUT2D eigenvalue weighted by atomic mass is 16.2. The van der Waals surface area contributed by atoms with Gasteiger partial charge >= 0.3 is 0 Å². The van der Waals surface area contributed by atoms with Crippen molar-refractivity contribution in [3.8, 4) is 0 Å². The third kappa shape index (κ3) is 3.99. The van der Waals surface area contributed by atoms with E-state index >= 15 is 0 Å². The average molecular weight is 336 g/mol. The van der Waals surface area contributed by atoms with Crippen LogP contribution >= 0.6 is 0 Å². The molecule has 1 aromatic heterocycles. The molecule has 3 aromatic rings. The number of imidazole rings is 1. The van der Waals surface area contributed by atoms with Gasteiger partial charge in [0.2, 0.25) is 5.91 Å². The number of rotatable bonds is 6. The lowest BCUT2D eigenvalue weighted by atomic mass is 10.2. The average Bonchev–Trinajstić information content (AvgIpc) is 3.03. The van der Waals surface area contributed by atoms with Crippen molar-refractivity contribution in [3.05, 3.63) is 60.4 Å². The van der Waals surface area contributed by atoms with Crippen molar-refractivity contribution < 1.29 is 4.79 Å². The number of carbonyl (C=O) groups is 1. The van der Waals surface area contributed by atoms with Crippen LogP contribution in [0.3, 0.4) is 0 Å². The van der Waals surface area contributed by atoms with E-state index in [0.717, 1.165) is 22.3 Å². The Morgan fingerprint density at radius 1 is 1.04 bits per heavy atom. The van der Waals surface area contributed by atoms with E-state index < -0.39 is 0 Å². The maximum Gasteiger partial charge on any atom is 0.224 e. The normalized spacial score (nSPS) is 10.8. The lowest BCUT2D eigenvalue weighted by Crippen LogP contribution is -2.27. The first-order valence-corrected chi connectivity index (χ1v) is 8.44. The monoisotopic (exact) mass is 336 g/mol. The van der Waals surface area contributed by atoms with Gasteiger partial charge in [-0.2, -0.15) is 0 Å². The number of para-hydroxylation sites is 2. The van der Waals surface area contributed by atoms with E-state index in [4.69, 9.17) is 0 Å². The minimum absolute atomic E-state index is 0.134. The summed E-state index contributed by atoms with van der Waals surface area (Å²) in [5.41, 5.74) is 4.32. The number of hydrogen-bond donors (Lipinski definition) is 0. The van der Waals surface area contributed by atoms with Crippen molar-refractivity contribution in [2.45, 2.75) is 19.5 Å². The van der Waals surface area contributed by atoms with Gasteiger partial charge in [0.15, 0.2) is 0 Å². The number of carbonyl (C=O) groups excluding carboxylic acids is 1. The predicted molar refractivity (Wildman–Crippen MR) is 102 cm³/mol. The van der Waals surface area contributed by atoms with Crippen LogP contribution in [0.15, 0.2) is 54.9 Å². The molecule has 0 saturated heterocycles. The number of anilines is 1. The number of hydrogen-bond acceptors (Lipinski definition) is 3. The van der Waals surface area contributed by atoms with Crippen LogP contribution in [0.25, 0.3) is 11.0 Å². The summed E-state index contributed by atoms with van der Waals surface area (Å²) in [6.45, 7) is 1.26. The molecule has 0 bridgehead atoms. The molecule has 0 unspecified atom stereocenters. The van der Waals surface area contributed by atoms with Gasteiger partial charge in [0.05, 0.1) is 17.4 Å². The second-order valence-corrected chi connectivity index (χ2v) is 6.49. The molecule has 3 rings (SSSR count). The maximum atomic E-state index is 12.4.